The normalized spacial score (nSPS) is 11.7. The standard InChI is InChI=1S/C17H18F3N5O/c1-26-14-5-2-12(3-6-14)8-15-23-16(7-4-13-9-21-22-10-13)25(24-15)11-17(18,19)20/h2-3,5-6,9-10H,4,7-8,11H2,1H3,(H,21,22). The number of hydrogen-bond acceptors (Lipinski definition) is 4. The van der Waals surface area contributed by atoms with Gasteiger partial charge in [-0.25, -0.2) is 9.67 Å². The van der Waals surface area contributed by atoms with E-state index in [9.17, 15) is 13.2 Å². The first-order valence-electron chi connectivity index (χ1n) is 8.03. The van der Waals surface area contributed by atoms with Gasteiger partial charge in [-0.2, -0.15) is 23.4 Å². The lowest BCUT2D eigenvalue weighted by Crippen LogP contribution is -2.21. The number of H-pyrrole nitrogens is 1. The topological polar surface area (TPSA) is 68.6 Å². The fourth-order valence-corrected chi connectivity index (χ4v) is 2.58. The van der Waals surface area contributed by atoms with Crippen molar-refractivity contribution in [2.24, 2.45) is 0 Å². The van der Waals surface area contributed by atoms with Crippen molar-refractivity contribution < 1.29 is 17.9 Å². The van der Waals surface area contributed by atoms with Crippen molar-refractivity contribution in [3.05, 3.63) is 59.4 Å². The summed E-state index contributed by atoms with van der Waals surface area (Å²) in [6.07, 6.45) is 0.245. The van der Waals surface area contributed by atoms with Crippen LogP contribution >= 0.6 is 0 Å². The molecule has 1 N–H and O–H groups in total. The number of alkyl halides is 3. The van der Waals surface area contributed by atoms with E-state index in [-0.39, 0.29) is 0 Å². The van der Waals surface area contributed by atoms with Crippen molar-refractivity contribution in [2.75, 3.05) is 7.11 Å². The molecule has 0 radical (unpaired) electrons. The highest BCUT2D eigenvalue weighted by atomic mass is 19.4. The van der Waals surface area contributed by atoms with E-state index in [2.05, 4.69) is 20.3 Å². The molecule has 0 saturated carbocycles. The van der Waals surface area contributed by atoms with Gasteiger partial charge >= 0.3 is 6.18 Å². The van der Waals surface area contributed by atoms with Crippen LogP contribution in [0.3, 0.4) is 0 Å². The number of halogens is 3. The van der Waals surface area contributed by atoms with Crippen LogP contribution in [0.5, 0.6) is 5.75 Å². The predicted molar refractivity (Wildman–Crippen MR) is 87.9 cm³/mol. The Morgan fingerprint density at radius 1 is 1.12 bits per heavy atom. The molecule has 0 unspecified atom stereocenters. The first-order valence-corrected chi connectivity index (χ1v) is 8.03. The van der Waals surface area contributed by atoms with Gasteiger partial charge in [0, 0.05) is 19.0 Å². The van der Waals surface area contributed by atoms with E-state index in [0.29, 0.717) is 36.7 Å². The second-order valence-corrected chi connectivity index (χ2v) is 5.85. The second kappa shape index (κ2) is 7.59. The summed E-state index contributed by atoms with van der Waals surface area (Å²) in [5.41, 5.74) is 1.81. The lowest BCUT2D eigenvalue weighted by molar-refractivity contribution is -0.143. The summed E-state index contributed by atoms with van der Waals surface area (Å²) >= 11 is 0. The fourth-order valence-electron chi connectivity index (χ4n) is 2.58. The van der Waals surface area contributed by atoms with Crippen LogP contribution in [0.25, 0.3) is 0 Å². The van der Waals surface area contributed by atoms with Crippen molar-refractivity contribution >= 4 is 0 Å². The molecule has 26 heavy (non-hydrogen) atoms. The van der Waals surface area contributed by atoms with Crippen LogP contribution in [0, 0.1) is 0 Å². The van der Waals surface area contributed by atoms with Gasteiger partial charge in [0.05, 0.1) is 13.3 Å². The molecule has 0 fully saturated rings. The number of nitrogens with zero attached hydrogens (tertiary/aromatic N) is 4. The lowest BCUT2D eigenvalue weighted by Gasteiger charge is -2.08. The van der Waals surface area contributed by atoms with Crippen molar-refractivity contribution in [2.45, 2.75) is 32.0 Å². The zero-order chi connectivity index (χ0) is 18.6. The van der Waals surface area contributed by atoms with E-state index in [0.717, 1.165) is 15.8 Å². The molecule has 1 aromatic carbocycles. The Bertz CT molecular complexity index is 825. The van der Waals surface area contributed by atoms with Gasteiger partial charge in [0.2, 0.25) is 0 Å². The third kappa shape index (κ3) is 4.84. The van der Waals surface area contributed by atoms with Gasteiger partial charge in [-0.3, -0.25) is 5.10 Å². The molecule has 2 heterocycles. The van der Waals surface area contributed by atoms with E-state index in [1.165, 1.54) is 0 Å². The van der Waals surface area contributed by atoms with E-state index < -0.39 is 12.7 Å². The molecule has 3 rings (SSSR count). The number of benzene rings is 1. The Morgan fingerprint density at radius 2 is 1.88 bits per heavy atom. The van der Waals surface area contributed by atoms with Gasteiger partial charge in [-0.1, -0.05) is 12.1 Å². The molecule has 0 aliphatic heterocycles. The average Bonchev–Trinajstić information content (AvgIpc) is 3.22. The maximum atomic E-state index is 12.8. The van der Waals surface area contributed by atoms with E-state index in [4.69, 9.17) is 4.74 Å². The zero-order valence-electron chi connectivity index (χ0n) is 14.1. The molecule has 2 aromatic heterocycles. The molecule has 0 amide bonds. The SMILES string of the molecule is COc1ccc(Cc2nc(CCc3cn[nH]c3)n(CC(F)(F)F)n2)cc1. The summed E-state index contributed by atoms with van der Waals surface area (Å²) in [6.45, 7) is -1.15. The Labute approximate surface area is 148 Å². The molecular weight excluding hydrogens is 347 g/mol. The number of nitrogens with one attached hydrogen (secondary N) is 1. The van der Waals surface area contributed by atoms with Crippen LogP contribution in [0.1, 0.15) is 22.8 Å². The largest absolute Gasteiger partial charge is 0.497 e. The van der Waals surface area contributed by atoms with Crippen molar-refractivity contribution in [1.82, 2.24) is 25.0 Å². The fraction of sp³-hybridized carbons (Fsp3) is 0.353. The minimum Gasteiger partial charge on any atom is -0.497 e. The lowest BCUT2D eigenvalue weighted by atomic mass is 10.1. The molecule has 138 valence electrons. The predicted octanol–water partition coefficient (Wildman–Crippen LogP) is 2.95. The first-order chi connectivity index (χ1) is 12.4. The van der Waals surface area contributed by atoms with Crippen LogP contribution in [0.2, 0.25) is 0 Å². The Morgan fingerprint density at radius 3 is 2.50 bits per heavy atom. The molecule has 9 heteroatoms. The van der Waals surface area contributed by atoms with E-state index >= 15 is 0 Å². The summed E-state index contributed by atoms with van der Waals surface area (Å²) in [7, 11) is 1.57. The van der Waals surface area contributed by atoms with Crippen LogP contribution in [0.15, 0.2) is 36.7 Å². The molecule has 0 aliphatic rings. The summed E-state index contributed by atoms with van der Waals surface area (Å²) in [5, 5.41) is 10.6. The first kappa shape index (κ1) is 18.0. The molecule has 0 aliphatic carbocycles. The van der Waals surface area contributed by atoms with Crippen molar-refractivity contribution in [3.63, 3.8) is 0 Å². The van der Waals surface area contributed by atoms with Gasteiger partial charge in [0.1, 0.15) is 18.1 Å². The van der Waals surface area contributed by atoms with Gasteiger partial charge < -0.3 is 4.74 Å². The molecular formula is C17H18F3N5O. The molecule has 6 nitrogen and oxygen atoms in total. The molecule has 0 spiro atoms. The zero-order valence-corrected chi connectivity index (χ0v) is 14.1. The average molecular weight is 365 g/mol. The number of aromatic nitrogens is 5. The van der Waals surface area contributed by atoms with Crippen LogP contribution in [-0.4, -0.2) is 38.2 Å². The molecule has 0 saturated heterocycles. The molecule has 3 aromatic rings. The number of aryl methyl sites for hydroxylation is 2. The Hall–Kier alpha value is -2.84. The Balaban J connectivity index is 1.77. The summed E-state index contributed by atoms with van der Waals surface area (Å²) in [5.74, 6) is 1.39. The number of methoxy groups -OCH3 is 1. The number of ether oxygens (including phenoxy) is 1. The summed E-state index contributed by atoms with van der Waals surface area (Å²) in [6, 6.07) is 7.27. The monoisotopic (exact) mass is 365 g/mol. The highest BCUT2D eigenvalue weighted by molar-refractivity contribution is 5.28. The van der Waals surface area contributed by atoms with Gasteiger partial charge in [0.25, 0.3) is 0 Å². The van der Waals surface area contributed by atoms with Gasteiger partial charge in [0.15, 0.2) is 5.82 Å². The number of aromatic amines is 1. The van der Waals surface area contributed by atoms with Crippen LogP contribution < -0.4 is 4.74 Å². The highest BCUT2D eigenvalue weighted by Crippen LogP contribution is 2.19. The number of hydrogen-bond donors (Lipinski definition) is 1. The number of rotatable bonds is 7. The summed E-state index contributed by atoms with van der Waals surface area (Å²) in [4.78, 5) is 4.32. The van der Waals surface area contributed by atoms with E-state index in [1.54, 1.807) is 31.6 Å². The van der Waals surface area contributed by atoms with Gasteiger partial charge in [-0.05, 0) is 29.7 Å². The minimum atomic E-state index is -4.35. The van der Waals surface area contributed by atoms with E-state index in [1.807, 2.05) is 12.1 Å². The quantitative estimate of drug-likeness (QED) is 0.699. The smallest absolute Gasteiger partial charge is 0.408 e. The third-order valence-electron chi connectivity index (χ3n) is 3.83. The third-order valence-corrected chi connectivity index (χ3v) is 3.83. The second-order valence-electron chi connectivity index (χ2n) is 5.85. The highest BCUT2D eigenvalue weighted by Gasteiger charge is 2.30. The minimum absolute atomic E-state index is 0.312. The molecule has 0 atom stereocenters. The van der Waals surface area contributed by atoms with Crippen molar-refractivity contribution in [3.8, 4) is 5.75 Å². The Kier molecular flexibility index (Phi) is 5.24. The van der Waals surface area contributed by atoms with Crippen molar-refractivity contribution in [1.29, 1.82) is 0 Å². The maximum Gasteiger partial charge on any atom is 0.408 e. The van der Waals surface area contributed by atoms with Gasteiger partial charge in [-0.15, -0.1) is 0 Å². The molecule has 0 bridgehead atoms. The van der Waals surface area contributed by atoms with Crippen LogP contribution in [0.4, 0.5) is 13.2 Å². The van der Waals surface area contributed by atoms with Crippen LogP contribution in [-0.2, 0) is 25.8 Å². The summed E-state index contributed by atoms with van der Waals surface area (Å²) < 4.78 is 44.6. The maximum absolute atomic E-state index is 12.8.